The zero-order valence-corrected chi connectivity index (χ0v) is 19.4. The summed E-state index contributed by atoms with van der Waals surface area (Å²) in [6.45, 7) is 4.00. The molecular formula is C23H36FN3O5. The van der Waals surface area contributed by atoms with E-state index in [0.717, 1.165) is 5.56 Å². The number of nitrogens with one attached hydrogen (secondary N) is 1. The first kappa shape index (κ1) is 27.6. The van der Waals surface area contributed by atoms with Gasteiger partial charge in [0.1, 0.15) is 11.9 Å². The van der Waals surface area contributed by atoms with Crippen LogP contribution in [0.4, 0.5) is 4.39 Å². The lowest BCUT2D eigenvalue weighted by atomic mass is 9.84. The average Bonchev–Trinajstić information content (AvgIpc) is 2.77. The van der Waals surface area contributed by atoms with Gasteiger partial charge in [-0.05, 0) is 37.8 Å². The third kappa shape index (κ3) is 8.63. The van der Waals surface area contributed by atoms with E-state index in [1.165, 1.54) is 32.5 Å². The summed E-state index contributed by atoms with van der Waals surface area (Å²) in [5.41, 5.74) is -3.26. The van der Waals surface area contributed by atoms with E-state index in [4.69, 9.17) is 4.74 Å². The van der Waals surface area contributed by atoms with E-state index in [1.54, 1.807) is 26.2 Å². The number of aromatic nitrogens is 2. The van der Waals surface area contributed by atoms with Gasteiger partial charge in [-0.15, -0.1) is 0 Å². The molecule has 3 N–H and O–H groups in total. The first-order valence-corrected chi connectivity index (χ1v) is 10.8. The molecule has 0 aliphatic carbocycles. The van der Waals surface area contributed by atoms with Gasteiger partial charge in [-0.3, -0.25) is 9.18 Å². The van der Waals surface area contributed by atoms with Crippen LogP contribution in [-0.2, 0) is 20.7 Å². The molecule has 0 bridgehead atoms. The SMILES string of the molecule is COC(=O)C(C)(/C=C/C(O)(CO)CCCCCCF)NC(=O)C(C)(C)Cc1cncnc1. The number of esters is 1. The standard InChI is InChI=1S/C23H36FN3O5/c1-21(2,13-18-14-25-17-26-15-18)19(29)27-22(3,20(30)32-4)10-11-23(31,16-28)9-7-5-6-8-12-24/h10-11,14-15,17,28,31H,5-9,12-13,16H2,1-4H3,(H,27,29)/b11-10+. The second kappa shape index (κ2) is 12.6. The molecule has 8 nitrogen and oxygen atoms in total. The molecule has 1 aromatic rings. The Morgan fingerprint density at radius 3 is 2.31 bits per heavy atom. The fourth-order valence-corrected chi connectivity index (χ4v) is 3.21. The lowest BCUT2D eigenvalue weighted by Gasteiger charge is -2.32. The van der Waals surface area contributed by atoms with Crippen molar-refractivity contribution in [2.45, 2.75) is 70.4 Å². The summed E-state index contributed by atoms with van der Waals surface area (Å²) in [5, 5.41) is 23.1. The quantitative estimate of drug-likeness (QED) is 0.224. The van der Waals surface area contributed by atoms with E-state index in [0.29, 0.717) is 32.1 Å². The molecule has 0 aromatic carbocycles. The second-order valence-electron chi connectivity index (χ2n) is 8.90. The van der Waals surface area contributed by atoms with Gasteiger partial charge in [-0.25, -0.2) is 14.8 Å². The maximum Gasteiger partial charge on any atom is 0.335 e. The van der Waals surface area contributed by atoms with E-state index in [1.807, 2.05) is 0 Å². The maximum absolute atomic E-state index is 13.0. The minimum Gasteiger partial charge on any atom is -0.467 e. The fraction of sp³-hybridized carbons (Fsp3) is 0.652. The molecule has 1 heterocycles. The molecule has 1 rings (SSSR count). The summed E-state index contributed by atoms with van der Waals surface area (Å²) < 4.78 is 17.1. The molecule has 0 spiro atoms. The molecule has 9 heteroatoms. The van der Waals surface area contributed by atoms with E-state index >= 15 is 0 Å². The van der Waals surface area contributed by atoms with E-state index in [9.17, 15) is 24.2 Å². The number of aliphatic hydroxyl groups excluding tert-OH is 1. The molecule has 1 aromatic heterocycles. The molecule has 0 saturated carbocycles. The van der Waals surface area contributed by atoms with Gasteiger partial charge >= 0.3 is 5.97 Å². The highest BCUT2D eigenvalue weighted by molar-refractivity contribution is 5.91. The molecule has 0 radical (unpaired) electrons. The van der Waals surface area contributed by atoms with Crippen LogP contribution in [0.5, 0.6) is 0 Å². The van der Waals surface area contributed by atoms with Gasteiger partial charge in [0.2, 0.25) is 5.91 Å². The number of amides is 1. The van der Waals surface area contributed by atoms with Crippen LogP contribution < -0.4 is 5.32 Å². The average molecular weight is 454 g/mol. The number of carbonyl (C=O) groups excluding carboxylic acids is 2. The summed E-state index contributed by atoms with van der Waals surface area (Å²) in [4.78, 5) is 33.4. The van der Waals surface area contributed by atoms with E-state index in [2.05, 4.69) is 15.3 Å². The molecular weight excluding hydrogens is 417 g/mol. The van der Waals surface area contributed by atoms with Crippen LogP contribution in [0.25, 0.3) is 0 Å². The summed E-state index contributed by atoms with van der Waals surface area (Å²) in [5.74, 6) is -1.12. The van der Waals surface area contributed by atoms with Crippen molar-refractivity contribution in [3.05, 3.63) is 36.4 Å². The van der Waals surface area contributed by atoms with Crippen LogP contribution in [0, 0.1) is 5.41 Å². The van der Waals surface area contributed by atoms with Crippen molar-refractivity contribution in [3.63, 3.8) is 0 Å². The number of hydrogen-bond acceptors (Lipinski definition) is 7. The third-order valence-corrected chi connectivity index (χ3v) is 5.35. The Kier molecular flexibility index (Phi) is 10.9. The summed E-state index contributed by atoms with van der Waals surface area (Å²) in [6, 6.07) is 0. The van der Waals surface area contributed by atoms with Crippen molar-refractivity contribution in [3.8, 4) is 0 Å². The van der Waals surface area contributed by atoms with Gasteiger partial charge in [0.05, 0.1) is 20.4 Å². The largest absolute Gasteiger partial charge is 0.467 e. The molecule has 2 atom stereocenters. The van der Waals surface area contributed by atoms with Gasteiger partial charge in [0.25, 0.3) is 0 Å². The van der Waals surface area contributed by atoms with Crippen LogP contribution in [-0.4, -0.2) is 63.6 Å². The van der Waals surface area contributed by atoms with Crippen molar-refractivity contribution in [1.29, 1.82) is 0 Å². The number of ether oxygens (including phenoxy) is 1. The minimum atomic E-state index is -1.58. The number of unbranched alkanes of at least 4 members (excludes halogenated alkanes) is 3. The number of alkyl halides is 1. The predicted molar refractivity (Wildman–Crippen MR) is 118 cm³/mol. The van der Waals surface area contributed by atoms with Crippen LogP contribution in [0.15, 0.2) is 30.9 Å². The minimum absolute atomic E-state index is 0.233. The first-order valence-electron chi connectivity index (χ1n) is 10.8. The van der Waals surface area contributed by atoms with Crippen molar-refractivity contribution in [1.82, 2.24) is 15.3 Å². The molecule has 180 valence electrons. The Balaban J connectivity index is 2.96. The van der Waals surface area contributed by atoms with Crippen LogP contribution in [0.2, 0.25) is 0 Å². The number of halogens is 1. The predicted octanol–water partition coefficient (Wildman–Crippen LogP) is 2.29. The van der Waals surface area contributed by atoms with Gasteiger partial charge < -0.3 is 20.3 Å². The molecule has 0 aliphatic heterocycles. The molecule has 1 amide bonds. The molecule has 2 unspecified atom stereocenters. The van der Waals surface area contributed by atoms with Crippen molar-refractivity contribution in [2.75, 3.05) is 20.4 Å². The van der Waals surface area contributed by atoms with Crippen molar-refractivity contribution < 1.29 is 28.9 Å². The van der Waals surface area contributed by atoms with E-state index in [-0.39, 0.29) is 13.1 Å². The fourth-order valence-electron chi connectivity index (χ4n) is 3.21. The highest BCUT2D eigenvalue weighted by Gasteiger charge is 2.39. The van der Waals surface area contributed by atoms with Gasteiger partial charge in [-0.2, -0.15) is 0 Å². The Bertz CT molecular complexity index is 759. The Hall–Kier alpha value is -2.39. The zero-order valence-electron chi connectivity index (χ0n) is 19.4. The topological polar surface area (TPSA) is 122 Å². The molecule has 0 fully saturated rings. The number of rotatable bonds is 14. The normalized spacial score (nSPS) is 15.7. The van der Waals surface area contributed by atoms with Gasteiger partial charge in [0.15, 0.2) is 5.54 Å². The second-order valence-corrected chi connectivity index (χ2v) is 8.90. The summed E-state index contributed by atoms with van der Waals surface area (Å²) in [7, 11) is 1.20. The van der Waals surface area contributed by atoms with Crippen LogP contribution in [0.1, 0.15) is 58.4 Å². The van der Waals surface area contributed by atoms with Crippen LogP contribution >= 0.6 is 0 Å². The monoisotopic (exact) mass is 453 g/mol. The maximum atomic E-state index is 13.0. The van der Waals surface area contributed by atoms with E-state index < -0.39 is 35.0 Å². The first-order chi connectivity index (χ1) is 15.0. The Labute approximate surface area is 189 Å². The number of aliphatic hydroxyl groups is 2. The molecule has 32 heavy (non-hydrogen) atoms. The van der Waals surface area contributed by atoms with Crippen molar-refractivity contribution >= 4 is 11.9 Å². The Morgan fingerprint density at radius 2 is 1.75 bits per heavy atom. The summed E-state index contributed by atoms with van der Waals surface area (Å²) >= 11 is 0. The highest BCUT2D eigenvalue weighted by Crippen LogP contribution is 2.25. The summed E-state index contributed by atoms with van der Waals surface area (Å²) in [6.07, 6.45) is 10.3. The lowest BCUT2D eigenvalue weighted by molar-refractivity contribution is -0.149. The zero-order chi connectivity index (χ0) is 24.3. The van der Waals surface area contributed by atoms with Crippen molar-refractivity contribution in [2.24, 2.45) is 5.41 Å². The molecule has 0 saturated heterocycles. The number of methoxy groups -OCH3 is 1. The number of hydrogen-bond donors (Lipinski definition) is 3. The number of carbonyl (C=O) groups is 2. The van der Waals surface area contributed by atoms with Crippen LogP contribution in [0.3, 0.4) is 0 Å². The van der Waals surface area contributed by atoms with Gasteiger partial charge in [0, 0.05) is 17.8 Å². The van der Waals surface area contributed by atoms with Gasteiger partial charge in [-0.1, -0.05) is 39.2 Å². The molecule has 0 aliphatic rings. The third-order valence-electron chi connectivity index (χ3n) is 5.35. The Morgan fingerprint density at radius 1 is 1.12 bits per heavy atom. The smallest absolute Gasteiger partial charge is 0.335 e. The number of nitrogens with zero attached hydrogens (tertiary/aromatic N) is 2. The lowest BCUT2D eigenvalue weighted by Crippen LogP contribution is -2.55. The highest BCUT2D eigenvalue weighted by atomic mass is 19.1.